The van der Waals surface area contributed by atoms with Gasteiger partial charge in [-0.05, 0) is 37.6 Å². The third kappa shape index (κ3) is 1.45. The van der Waals surface area contributed by atoms with Gasteiger partial charge in [0.25, 0.3) is 0 Å². The second-order valence-corrected chi connectivity index (χ2v) is 3.08. The fourth-order valence-corrected chi connectivity index (χ4v) is 1.77. The number of hydrogen-bond acceptors (Lipinski definition) is 1. The lowest BCUT2D eigenvalue weighted by Crippen LogP contribution is -2.27. The lowest BCUT2D eigenvalue weighted by Gasteiger charge is -2.35. The quantitative estimate of drug-likeness (QED) is 0.614. The van der Waals surface area contributed by atoms with Crippen molar-refractivity contribution in [3.63, 3.8) is 0 Å². The maximum Gasteiger partial charge on any atom is -0.00745 e. The highest BCUT2D eigenvalue weighted by atomic mass is 14.5. The lowest BCUT2D eigenvalue weighted by molar-refractivity contribution is 0.161. The zero-order valence-corrected chi connectivity index (χ0v) is 6.27. The Hall–Kier alpha value is -0.0400. The Labute approximate surface area is 57.6 Å². The van der Waals surface area contributed by atoms with E-state index in [1.54, 1.807) is 0 Å². The fourth-order valence-electron chi connectivity index (χ4n) is 1.77. The molecule has 0 aromatic rings. The molecule has 1 rings (SSSR count). The van der Waals surface area contributed by atoms with Gasteiger partial charge in [-0.3, -0.25) is 0 Å². The van der Waals surface area contributed by atoms with Gasteiger partial charge in [-0.1, -0.05) is 13.3 Å². The van der Waals surface area contributed by atoms with Crippen molar-refractivity contribution < 1.29 is 0 Å². The molecule has 1 heteroatoms. The molecule has 0 heterocycles. The van der Waals surface area contributed by atoms with Gasteiger partial charge in [0.2, 0.25) is 0 Å². The molecule has 2 unspecified atom stereocenters. The SMILES string of the molecule is CCC1CCC1CCN. The summed E-state index contributed by atoms with van der Waals surface area (Å²) in [5, 5.41) is 0. The average molecular weight is 127 g/mol. The molecule has 1 fully saturated rings. The van der Waals surface area contributed by atoms with E-state index in [1.165, 1.54) is 25.7 Å². The molecule has 54 valence electrons. The molecule has 0 saturated heterocycles. The Morgan fingerprint density at radius 1 is 1.33 bits per heavy atom. The molecule has 1 aliphatic carbocycles. The van der Waals surface area contributed by atoms with E-state index in [9.17, 15) is 0 Å². The predicted molar refractivity (Wildman–Crippen MR) is 40.2 cm³/mol. The van der Waals surface area contributed by atoms with E-state index in [0.29, 0.717) is 0 Å². The van der Waals surface area contributed by atoms with Crippen LogP contribution in [0.15, 0.2) is 0 Å². The summed E-state index contributed by atoms with van der Waals surface area (Å²) < 4.78 is 0. The summed E-state index contributed by atoms with van der Waals surface area (Å²) in [5.74, 6) is 2.01. The van der Waals surface area contributed by atoms with Crippen LogP contribution in [0, 0.1) is 11.8 Å². The van der Waals surface area contributed by atoms with Gasteiger partial charge in [0.1, 0.15) is 0 Å². The number of nitrogens with two attached hydrogens (primary N) is 1. The van der Waals surface area contributed by atoms with Crippen molar-refractivity contribution in [2.75, 3.05) is 6.54 Å². The normalized spacial score (nSPS) is 34.0. The summed E-state index contributed by atoms with van der Waals surface area (Å²) in [7, 11) is 0. The molecule has 0 spiro atoms. The molecular formula is C8H17N. The van der Waals surface area contributed by atoms with Crippen LogP contribution in [0.3, 0.4) is 0 Å². The Morgan fingerprint density at radius 2 is 2.00 bits per heavy atom. The fraction of sp³-hybridized carbons (Fsp3) is 1.00. The Bertz CT molecular complexity index is 78.6. The summed E-state index contributed by atoms with van der Waals surface area (Å²) in [4.78, 5) is 0. The average Bonchev–Trinajstić information content (AvgIpc) is 1.82. The highest BCUT2D eigenvalue weighted by Crippen LogP contribution is 2.38. The van der Waals surface area contributed by atoms with Gasteiger partial charge < -0.3 is 5.73 Å². The largest absolute Gasteiger partial charge is 0.330 e. The maximum absolute atomic E-state index is 5.46. The van der Waals surface area contributed by atoms with Crippen LogP contribution in [0.25, 0.3) is 0 Å². The zero-order valence-electron chi connectivity index (χ0n) is 6.27. The molecule has 2 atom stereocenters. The molecule has 0 bridgehead atoms. The van der Waals surface area contributed by atoms with Gasteiger partial charge in [-0.15, -0.1) is 0 Å². The van der Waals surface area contributed by atoms with Gasteiger partial charge in [-0.25, -0.2) is 0 Å². The summed E-state index contributed by atoms with van der Waals surface area (Å²) in [6.45, 7) is 3.18. The highest BCUT2D eigenvalue weighted by Gasteiger charge is 2.27. The van der Waals surface area contributed by atoms with E-state index < -0.39 is 0 Å². The Morgan fingerprint density at radius 3 is 2.33 bits per heavy atom. The zero-order chi connectivity index (χ0) is 6.69. The van der Waals surface area contributed by atoms with Crippen LogP contribution in [-0.2, 0) is 0 Å². The van der Waals surface area contributed by atoms with Crippen molar-refractivity contribution in [1.29, 1.82) is 0 Å². The maximum atomic E-state index is 5.46. The minimum Gasteiger partial charge on any atom is -0.330 e. The molecule has 2 N–H and O–H groups in total. The minimum atomic E-state index is 0.890. The van der Waals surface area contributed by atoms with E-state index in [1.807, 2.05) is 0 Å². The van der Waals surface area contributed by atoms with E-state index in [-0.39, 0.29) is 0 Å². The van der Waals surface area contributed by atoms with Crippen molar-refractivity contribution in [3.05, 3.63) is 0 Å². The topological polar surface area (TPSA) is 26.0 Å². The van der Waals surface area contributed by atoms with Crippen molar-refractivity contribution in [2.24, 2.45) is 17.6 Å². The van der Waals surface area contributed by atoms with Crippen molar-refractivity contribution in [2.45, 2.75) is 32.6 Å². The first-order chi connectivity index (χ1) is 4.38. The first-order valence-electron chi connectivity index (χ1n) is 4.08. The summed E-state index contributed by atoms with van der Waals surface area (Å²) in [6.07, 6.45) is 5.53. The van der Waals surface area contributed by atoms with Crippen molar-refractivity contribution in [1.82, 2.24) is 0 Å². The monoisotopic (exact) mass is 127 g/mol. The van der Waals surface area contributed by atoms with E-state index in [0.717, 1.165) is 18.4 Å². The van der Waals surface area contributed by atoms with Gasteiger partial charge in [0.15, 0.2) is 0 Å². The van der Waals surface area contributed by atoms with Crippen LogP contribution >= 0.6 is 0 Å². The Kier molecular flexibility index (Phi) is 2.52. The highest BCUT2D eigenvalue weighted by molar-refractivity contribution is 4.79. The molecule has 9 heavy (non-hydrogen) atoms. The van der Waals surface area contributed by atoms with Crippen LogP contribution in [-0.4, -0.2) is 6.54 Å². The van der Waals surface area contributed by atoms with E-state index in [4.69, 9.17) is 5.73 Å². The van der Waals surface area contributed by atoms with Crippen LogP contribution in [0.5, 0.6) is 0 Å². The molecule has 0 radical (unpaired) electrons. The second kappa shape index (κ2) is 3.21. The van der Waals surface area contributed by atoms with Gasteiger partial charge in [0, 0.05) is 0 Å². The number of hydrogen-bond donors (Lipinski definition) is 1. The van der Waals surface area contributed by atoms with E-state index in [2.05, 4.69) is 6.92 Å². The van der Waals surface area contributed by atoms with Crippen molar-refractivity contribution >= 4 is 0 Å². The molecule has 0 aliphatic heterocycles. The number of rotatable bonds is 3. The van der Waals surface area contributed by atoms with Crippen LogP contribution in [0.4, 0.5) is 0 Å². The molecular weight excluding hydrogens is 110 g/mol. The Balaban J connectivity index is 2.11. The molecule has 1 saturated carbocycles. The molecule has 1 aliphatic rings. The summed E-state index contributed by atoms with van der Waals surface area (Å²) >= 11 is 0. The third-order valence-corrected chi connectivity index (χ3v) is 2.64. The minimum absolute atomic E-state index is 0.890. The van der Waals surface area contributed by atoms with Crippen LogP contribution < -0.4 is 5.73 Å². The predicted octanol–water partition coefficient (Wildman–Crippen LogP) is 1.77. The smallest absolute Gasteiger partial charge is 0.00745 e. The second-order valence-electron chi connectivity index (χ2n) is 3.08. The lowest BCUT2D eigenvalue weighted by atomic mass is 9.71. The summed E-state index contributed by atoms with van der Waals surface area (Å²) in [5.41, 5.74) is 5.46. The van der Waals surface area contributed by atoms with Crippen LogP contribution in [0.2, 0.25) is 0 Å². The van der Waals surface area contributed by atoms with Gasteiger partial charge in [-0.2, -0.15) is 0 Å². The standard InChI is InChI=1S/C8H17N/c1-2-7-3-4-8(7)5-6-9/h7-8H,2-6,9H2,1H3. The van der Waals surface area contributed by atoms with E-state index >= 15 is 0 Å². The van der Waals surface area contributed by atoms with Gasteiger partial charge in [0.05, 0.1) is 0 Å². The molecule has 1 nitrogen and oxygen atoms in total. The molecule has 0 aromatic carbocycles. The van der Waals surface area contributed by atoms with Crippen molar-refractivity contribution in [3.8, 4) is 0 Å². The molecule has 0 aromatic heterocycles. The third-order valence-electron chi connectivity index (χ3n) is 2.64. The first kappa shape index (κ1) is 7.07. The summed E-state index contributed by atoms with van der Waals surface area (Å²) in [6, 6.07) is 0. The molecule has 0 amide bonds. The first-order valence-corrected chi connectivity index (χ1v) is 4.08. The van der Waals surface area contributed by atoms with Crippen LogP contribution in [0.1, 0.15) is 32.6 Å². The van der Waals surface area contributed by atoms with Gasteiger partial charge >= 0.3 is 0 Å².